The first-order valence-electron chi connectivity index (χ1n) is 5.61. The van der Waals surface area contributed by atoms with Gasteiger partial charge in [0.2, 0.25) is 0 Å². The minimum absolute atomic E-state index is 0.416. The van der Waals surface area contributed by atoms with E-state index in [0.717, 1.165) is 6.42 Å². The van der Waals surface area contributed by atoms with Crippen LogP contribution < -0.4 is 0 Å². The van der Waals surface area contributed by atoms with Crippen molar-refractivity contribution in [2.75, 3.05) is 7.11 Å². The summed E-state index contributed by atoms with van der Waals surface area (Å²) in [4.78, 5) is 24.7. The van der Waals surface area contributed by atoms with Crippen LogP contribution in [0.15, 0.2) is 12.3 Å². The second-order valence-electron chi connectivity index (χ2n) is 4.89. The van der Waals surface area contributed by atoms with E-state index in [-0.39, 0.29) is 0 Å². The van der Waals surface area contributed by atoms with Crippen LogP contribution in [0, 0.1) is 0 Å². The second kappa shape index (κ2) is 5.21. The minimum Gasteiger partial charge on any atom is -0.467 e. The number of carbonyl (C=O) groups is 2. The number of allylic oxidation sites excluding steroid dienone is 1. The third-order valence-corrected chi connectivity index (χ3v) is 2.29. The summed E-state index contributed by atoms with van der Waals surface area (Å²) in [6.45, 7) is 5.35. The van der Waals surface area contributed by atoms with Gasteiger partial charge >= 0.3 is 12.1 Å². The molecule has 5 heteroatoms. The van der Waals surface area contributed by atoms with E-state index < -0.39 is 23.7 Å². The van der Waals surface area contributed by atoms with Gasteiger partial charge < -0.3 is 9.47 Å². The molecule has 0 aromatic rings. The largest absolute Gasteiger partial charge is 0.467 e. The van der Waals surface area contributed by atoms with E-state index in [0.29, 0.717) is 6.42 Å². The van der Waals surface area contributed by atoms with Crippen molar-refractivity contribution in [3.05, 3.63) is 12.3 Å². The van der Waals surface area contributed by atoms with Crippen molar-refractivity contribution in [3.63, 3.8) is 0 Å². The molecule has 0 aromatic heterocycles. The molecule has 0 bridgehead atoms. The molecule has 0 radical (unpaired) electrons. The van der Waals surface area contributed by atoms with Crippen molar-refractivity contribution in [2.24, 2.45) is 0 Å². The van der Waals surface area contributed by atoms with Gasteiger partial charge in [0.25, 0.3) is 0 Å². The maximum absolute atomic E-state index is 11.9. The molecule has 1 aliphatic heterocycles. The number of carbonyl (C=O) groups excluding carboxylic acids is 2. The first-order valence-corrected chi connectivity index (χ1v) is 5.61. The zero-order chi connectivity index (χ0) is 13.1. The maximum Gasteiger partial charge on any atom is 0.415 e. The maximum atomic E-state index is 11.9. The highest BCUT2D eigenvalue weighted by Crippen LogP contribution is 2.19. The number of hydrogen-bond acceptors (Lipinski definition) is 4. The molecule has 0 spiro atoms. The average molecular weight is 241 g/mol. The van der Waals surface area contributed by atoms with E-state index in [4.69, 9.17) is 4.74 Å². The van der Waals surface area contributed by atoms with Gasteiger partial charge in [-0.05, 0) is 33.6 Å². The molecular weight excluding hydrogens is 222 g/mol. The molecule has 1 atom stereocenters. The highest BCUT2D eigenvalue weighted by molar-refractivity contribution is 5.82. The van der Waals surface area contributed by atoms with Crippen molar-refractivity contribution in [2.45, 2.75) is 45.3 Å². The molecule has 0 fully saturated rings. The van der Waals surface area contributed by atoms with Crippen LogP contribution in [-0.4, -0.2) is 35.7 Å². The molecule has 0 aliphatic carbocycles. The van der Waals surface area contributed by atoms with Crippen molar-refractivity contribution >= 4 is 12.1 Å². The summed E-state index contributed by atoms with van der Waals surface area (Å²) in [7, 11) is 1.31. The Bertz CT molecular complexity index is 330. The Labute approximate surface area is 101 Å². The number of methoxy groups -OCH3 is 1. The standard InChI is InChI=1S/C12H19NO4/c1-12(2,3)17-11(15)13-8-6-5-7-9(13)10(14)16-4/h6,8-9H,5,7H2,1-4H3/t9-/m1/s1. The van der Waals surface area contributed by atoms with Crippen LogP contribution in [-0.2, 0) is 14.3 Å². The summed E-state index contributed by atoms with van der Waals surface area (Å²) >= 11 is 0. The Kier molecular flexibility index (Phi) is 4.15. The molecule has 1 amide bonds. The summed E-state index contributed by atoms with van der Waals surface area (Å²) in [5, 5.41) is 0. The zero-order valence-corrected chi connectivity index (χ0v) is 10.7. The van der Waals surface area contributed by atoms with Crippen LogP contribution in [0.25, 0.3) is 0 Å². The lowest BCUT2D eigenvalue weighted by Crippen LogP contribution is -2.45. The summed E-state index contributed by atoms with van der Waals surface area (Å²) in [5.41, 5.74) is -0.580. The van der Waals surface area contributed by atoms with Crippen LogP contribution in [0.1, 0.15) is 33.6 Å². The molecule has 96 valence electrons. The van der Waals surface area contributed by atoms with E-state index in [9.17, 15) is 9.59 Å². The predicted octanol–water partition coefficient (Wildman–Crippen LogP) is 2.07. The predicted molar refractivity (Wildman–Crippen MR) is 62.3 cm³/mol. The van der Waals surface area contributed by atoms with Crippen LogP contribution in [0.5, 0.6) is 0 Å². The lowest BCUT2D eigenvalue weighted by atomic mass is 10.1. The third kappa shape index (κ3) is 3.76. The van der Waals surface area contributed by atoms with Gasteiger partial charge in [0.05, 0.1) is 7.11 Å². The van der Waals surface area contributed by atoms with Crippen molar-refractivity contribution < 1.29 is 19.1 Å². The van der Waals surface area contributed by atoms with Crippen molar-refractivity contribution in [1.82, 2.24) is 4.90 Å². The molecule has 0 N–H and O–H groups in total. The summed E-state index contributed by atoms with van der Waals surface area (Å²) < 4.78 is 9.91. The highest BCUT2D eigenvalue weighted by atomic mass is 16.6. The third-order valence-electron chi connectivity index (χ3n) is 2.29. The fourth-order valence-electron chi connectivity index (χ4n) is 1.56. The fraction of sp³-hybridized carbons (Fsp3) is 0.667. The average Bonchev–Trinajstić information content (AvgIpc) is 2.25. The molecule has 0 saturated carbocycles. The van der Waals surface area contributed by atoms with Gasteiger partial charge in [0.1, 0.15) is 11.6 Å². The van der Waals surface area contributed by atoms with Crippen LogP contribution >= 0.6 is 0 Å². The van der Waals surface area contributed by atoms with Crippen molar-refractivity contribution in [3.8, 4) is 0 Å². The normalized spacial score (nSPS) is 20.0. The van der Waals surface area contributed by atoms with Gasteiger partial charge in [-0.25, -0.2) is 9.59 Å². The Morgan fingerprint density at radius 2 is 2.00 bits per heavy atom. The quantitative estimate of drug-likeness (QED) is 0.659. The highest BCUT2D eigenvalue weighted by Gasteiger charge is 2.33. The van der Waals surface area contributed by atoms with Crippen LogP contribution in [0.3, 0.4) is 0 Å². The second-order valence-corrected chi connectivity index (χ2v) is 4.89. The monoisotopic (exact) mass is 241 g/mol. The SMILES string of the molecule is COC(=O)[C@H]1CCC=CN1C(=O)OC(C)(C)C. The molecule has 0 unspecified atom stereocenters. The molecule has 1 rings (SSSR count). The lowest BCUT2D eigenvalue weighted by Gasteiger charge is -2.31. The fourth-order valence-corrected chi connectivity index (χ4v) is 1.56. The lowest BCUT2D eigenvalue weighted by molar-refractivity contribution is -0.146. The topological polar surface area (TPSA) is 55.8 Å². The summed E-state index contributed by atoms with van der Waals surface area (Å²) in [6, 6.07) is -0.583. The number of nitrogens with zero attached hydrogens (tertiary/aromatic N) is 1. The Hall–Kier alpha value is -1.52. The number of hydrogen-bond donors (Lipinski definition) is 0. The Morgan fingerprint density at radius 3 is 2.53 bits per heavy atom. The number of rotatable bonds is 1. The van der Waals surface area contributed by atoms with E-state index in [1.165, 1.54) is 12.0 Å². The van der Waals surface area contributed by atoms with Gasteiger partial charge in [-0.2, -0.15) is 0 Å². The van der Waals surface area contributed by atoms with Gasteiger partial charge in [-0.15, -0.1) is 0 Å². The first kappa shape index (κ1) is 13.5. The minimum atomic E-state index is -0.583. The Morgan fingerprint density at radius 1 is 1.35 bits per heavy atom. The molecule has 0 saturated heterocycles. The summed E-state index contributed by atoms with van der Waals surface area (Å²) in [6.07, 6.45) is 4.20. The van der Waals surface area contributed by atoms with E-state index in [1.807, 2.05) is 6.08 Å². The molecule has 0 aromatic carbocycles. The summed E-state index contributed by atoms with van der Waals surface area (Å²) in [5.74, 6) is -0.416. The van der Waals surface area contributed by atoms with E-state index in [1.54, 1.807) is 27.0 Å². The number of esters is 1. The van der Waals surface area contributed by atoms with Crippen LogP contribution in [0.4, 0.5) is 4.79 Å². The van der Waals surface area contributed by atoms with Gasteiger partial charge in [0, 0.05) is 6.20 Å². The molecule has 17 heavy (non-hydrogen) atoms. The van der Waals surface area contributed by atoms with E-state index in [2.05, 4.69) is 4.74 Å². The van der Waals surface area contributed by atoms with Crippen molar-refractivity contribution in [1.29, 1.82) is 0 Å². The Balaban J connectivity index is 2.78. The molecule has 5 nitrogen and oxygen atoms in total. The first-order chi connectivity index (χ1) is 7.85. The van der Waals surface area contributed by atoms with E-state index >= 15 is 0 Å². The number of ether oxygens (including phenoxy) is 2. The van der Waals surface area contributed by atoms with Gasteiger partial charge in [0.15, 0.2) is 0 Å². The number of amides is 1. The zero-order valence-electron chi connectivity index (χ0n) is 10.7. The van der Waals surface area contributed by atoms with Gasteiger partial charge in [-0.1, -0.05) is 6.08 Å². The van der Waals surface area contributed by atoms with Gasteiger partial charge in [-0.3, -0.25) is 4.90 Å². The van der Waals surface area contributed by atoms with Crippen LogP contribution in [0.2, 0.25) is 0 Å². The smallest absolute Gasteiger partial charge is 0.415 e. The molecule has 1 aliphatic rings. The molecule has 1 heterocycles. The molecular formula is C12H19NO4.